The third kappa shape index (κ3) is 9.31. The van der Waals surface area contributed by atoms with Crippen molar-refractivity contribution in [2.45, 2.75) is 127 Å². The summed E-state index contributed by atoms with van der Waals surface area (Å²) in [6, 6.07) is 0. The summed E-state index contributed by atoms with van der Waals surface area (Å²) < 4.78 is 58.7. The number of rotatable bonds is 15. The summed E-state index contributed by atoms with van der Waals surface area (Å²) in [5, 5.41) is 43.0. The zero-order valence-electron chi connectivity index (χ0n) is 37.2. The molecule has 0 bridgehead atoms. The lowest BCUT2D eigenvalue weighted by atomic mass is 9.44. The van der Waals surface area contributed by atoms with E-state index in [0.717, 1.165) is 38.2 Å². The fourth-order valence-corrected chi connectivity index (χ4v) is 12.3. The molecule has 3 amide bonds. The number of amides is 3. The highest BCUT2D eigenvalue weighted by Gasteiger charge is 2.75. The molecule has 0 aromatic rings. The number of aliphatic hydroxyl groups is 3. The number of nitrogens with zero attached hydrogens (tertiary/aromatic N) is 1. The Morgan fingerprint density at radius 2 is 1.85 bits per heavy atom. The van der Waals surface area contributed by atoms with E-state index < -0.39 is 115 Å². The van der Waals surface area contributed by atoms with Gasteiger partial charge in [-0.2, -0.15) is 0 Å². The number of carbonyl (C=O) groups excluding carboxylic acids is 5. The van der Waals surface area contributed by atoms with Gasteiger partial charge in [-0.1, -0.05) is 44.4 Å². The van der Waals surface area contributed by atoms with Gasteiger partial charge in [-0.15, -0.1) is 5.92 Å². The Hall–Kier alpha value is -4.29. The average molecular weight is 947 g/mol. The van der Waals surface area contributed by atoms with E-state index in [1.807, 2.05) is 0 Å². The highest BCUT2D eigenvalue weighted by Crippen LogP contribution is 2.71. The third-order valence-electron chi connectivity index (χ3n) is 14.9. The van der Waals surface area contributed by atoms with Gasteiger partial charge < -0.3 is 55.3 Å². The van der Waals surface area contributed by atoms with E-state index in [2.05, 4.69) is 34.4 Å². The van der Waals surface area contributed by atoms with E-state index in [1.54, 1.807) is 20.8 Å². The first kappa shape index (κ1) is 49.6. The van der Waals surface area contributed by atoms with Crippen LogP contribution in [0.1, 0.15) is 78.6 Å². The fraction of sp³-hybridized carbons (Fsp3) is 0.667. The quantitative estimate of drug-likeness (QED) is 0.0704. The van der Waals surface area contributed by atoms with E-state index in [9.17, 15) is 48.8 Å². The maximum absolute atomic E-state index is 17.6. The van der Waals surface area contributed by atoms with Crippen molar-refractivity contribution in [1.29, 1.82) is 0 Å². The number of carbonyl (C=O) groups is 5. The molecule has 0 aromatic heterocycles. The Kier molecular flexibility index (Phi) is 14.6. The Labute approximate surface area is 382 Å². The van der Waals surface area contributed by atoms with Crippen molar-refractivity contribution in [3.63, 3.8) is 0 Å². The van der Waals surface area contributed by atoms with Gasteiger partial charge in [0.15, 0.2) is 23.5 Å². The van der Waals surface area contributed by atoms with Gasteiger partial charge in [0.1, 0.15) is 55.7 Å². The lowest BCUT2D eigenvalue weighted by molar-refractivity contribution is -0.219. The first-order valence-electron chi connectivity index (χ1n) is 22.4. The third-order valence-corrected chi connectivity index (χ3v) is 15.8. The highest BCUT2D eigenvalue weighted by atomic mass is 31.2. The van der Waals surface area contributed by atoms with Crippen molar-refractivity contribution in [3.8, 4) is 11.8 Å². The maximum atomic E-state index is 17.6. The molecule has 21 heteroatoms. The first-order chi connectivity index (χ1) is 31.1. The monoisotopic (exact) mass is 946 g/mol. The molecule has 7 N–H and O–H groups in total. The Bertz CT molecular complexity index is 2180. The zero-order chi connectivity index (χ0) is 47.8. The molecule has 4 fully saturated rings. The van der Waals surface area contributed by atoms with Crippen LogP contribution in [0.15, 0.2) is 48.5 Å². The second-order valence-corrected chi connectivity index (χ2v) is 20.1. The number of halogens is 1. The molecule has 3 saturated carbocycles. The SMILES string of the molecule is C=C1NC(=O)C=CN1[C@@H]1O[C@H](COC(=O)NCCNC(=O)COC2C#CCCCCC2)C(OP(=O)(O)OCC(=O)[C@@]2(O)[C@H](C)C[C@H]3[C@@H]4CCC5=CC(=O)C=C[C@]5(C)[C@@]4(F)[C@@H](O)C[C@@]32C)[C@@H]1O. The minimum Gasteiger partial charge on any atom is -0.447 e. The molecule has 14 atom stereocenters. The number of hydrogen-bond acceptors (Lipinski definition) is 15. The number of hydrogen-bond donors (Lipinski definition) is 7. The van der Waals surface area contributed by atoms with Crippen LogP contribution in [0.5, 0.6) is 0 Å². The second-order valence-electron chi connectivity index (χ2n) is 18.7. The van der Waals surface area contributed by atoms with Gasteiger partial charge in [0.2, 0.25) is 5.91 Å². The second kappa shape index (κ2) is 19.4. The first-order valence-corrected chi connectivity index (χ1v) is 23.9. The van der Waals surface area contributed by atoms with Crippen LogP contribution < -0.4 is 16.0 Å². The number of Topliss-reactive ketones (excluding diaryl/α,β-unsaturated/α-hetero) is 1. The summed E-state index contributed by atoms with van der Waals surface area (Å²) in [5.41, 5.74) is -6.62. The predicted octanol–water partition coefficient (Wildman–Crippen LogP) is 2.10. The minimum absolute atomic E-state index is 0.0170. The topological polar surface area (TPSA) is 269 Å². The zero-order valence-corrected chi connectivity index (χ0v) is 38.1. The Morgan fingerprint density at radius 1 is 1.09 bits per heavy atom. The molecule has 2 aliphatic heterocycles. The van der Waals surface area contributed by atoms with Gasteiger partial charge in [0.05, 0.1) is 6.10 Å². The summed E-state index contributed by atoms with van der Waals surface area (Å²) in [4.78, 5) is 75.5. The van der Waals surface area contributed by atoms with Crippen LogP contribution in [0.25, 0.3) is 0 Å². The Balaban J connectivity index is 0.971. The molecule has 2 heterocycles. The van der Waals surface area contributed by atoms with Gasteiger partial charge in [0, 0.05) is 48.5 Å². The van der Waals surface area contributed by atoms with E-state index in [4.69, 9.17) is 23.3 Å². The predicted molar refractivity (Wildman–Crippen MR) is 229 cm³/mol. The molecular weight excluding hydrogens is 886 g/mol. The van der Waals surface area contributed by atoms with Crippen molar-refractivity contribution < 1.29 is 76.4 Å². The summed E-state index contributed by atoms with van der Waals surface area (Å²) in [6.07, 6.45) is 2.15. The molecule has 66 heavy (non-hydrogen) atoms. The van der Waals surface area contributed by atoms with Crippen LogP contribution in [0.3, 0.4) is 0 Å². The molecule has 7 rings (SSSR count). The summed E-state index contributed by atoms with van der Waals surface area (Å²) in [6.45, 7) is 6.51. The number of phosphoric acid groups is 1. The van der Waals surface area contributed by atoms with Crippen LogP contribution in [-0.2, 0) is 47.0 Å². The van der Waals surface area contributed by atoms with Crippen molar-refractivity contribution in [2.24, 2.45) is 28.6 Å². The average Bonchev–Trinajstić information content (AvgIpc) is 3.65. The van der Waals surface area contributed by atoms with Crippen LogP contribution in [0.4, 0.5) is 9.18 Å². The molecule has 19 nitrogen and oxygen atoms in total. The van der Waals surface area contributed by atoms with E-state index >= 15 is 4.39 Å². The lowest BCUT2D eigenvalue weighted by Gasteiger charge is -2.62. The van der Waals surface area contributed by atoms with Crippen molar-refractivity contribution in [1.82, 2.24) is 20.9 Å². The number of ether oxygens (including phenoxy) is 3. The number of nitrogens with one attached hydrogen (secondary N) is 3. The molecule has 5 aliphatic carbocycles. The smallest absolute Gasteiger partial charge is 0.447 e. The minimum atomic E-state index is -5.35. The van der Waals surface area contributed by atoms with Crippen LogP contribution in [0, 0.1) is 40.4 Å². The fourth-order valence-electron chi connectivity index (χ4n) is 11.4. The molecule has 0 radical (unpaired) electrons. The normalized spacial score (nSPS) is 39.1. The molecule has 0 aromatic carbocycles. The number of ketones is 2. The van der Waals surface area contributed by atoms with Crippen LogP contribution >= 0.6 is 7.82 Å². The van der Waals surface area contributed by atoms with E-state index in [0.29, 0.717) is 12.0 Å². The Morgan fingerprint density at radius 3 is 2.61 bits per heavy atom. The molecule has 1 saturated heterocycles. The van der Waals surface area contributed by atoms with Crippen molar-refractivity contribution in [3.05, 3.63) is 48.5 Å². The summed E-state index contributed by atoms with van der Waals surface area (Å²) in [5.74, 6) is 1.57. The standard InChI is InChI=1S/C45H60FN4O15P/c1-26-20-32-31-13-12-28-21-29(51)14-16-42(28,3)44(31,46)34(52)22-43(32,4)45(26,58)35(53)24-63-66(59,60)65-39-33(64-40(38(39)56)50-19-15-36(54)49-27(50)2)23-62-41(57)48-18-17-47-37(55)25-61-30-10-8-6-5-7-9-11-30/h14-16,19,21,26,30-34,38-40,52,56,58H,2,5-8,10,12-13,17-18,20,22-25H2,1,3-4H3,(H,47,55)(H,48,57)(H,49,54)(H,59,60)/t26-,30?,31+,32+,33-,34+,38+,39?,40-,42+,43+,44+,45+/m1/s1. The maximum Gasteiger partial charge on any atom is 0.473 e. The van der Waals surface area contributed by atoms with Gasteiger partial charge >= 0.3 is 13.9 Å². The molecule has 362 valence electrons. The van der Waals surface area contributed by atoms with E-state index in [1.165, 1.54) is 29.3 Å². The molecule has 7 aliphatic rings. The summed E-state index contributed by atoms with van der Waals surface area (Å²) in [7, 11) is -5.35. The lowest BCUT2D eigenvalue weighted by Crippen LogP contribution is -2.69. The molecular formula is C45H60FN4O15P. The number of phosphoric ester groups is 1. The van der Waals surface area contributed by atoms with Gasteiger partial charge in [-0.05, 0) is 75.9 Å². The number of fused-ring (bicyclic) bond motifs is 5. The van der Waals surface area contributed by atoms with Crippen molar-refractivity contribution in [2.75, 3.05) is 32.9 Å². The molecule has 0 spiro atoms. The number of alkyl carbamates (subject to hydrolysis) is 1. The largest absolute Gasteiger partial charge is 0.473 e. The number of allylic oxidation sites excluding steroid dienone is 4. The van der Waals surface area contributed by atoms with E-state index in [-0.39, 0.29) is 56.7 Å². The highest BCUT2D eigenvalue weighted by molar-refractivity contribution is 7.47. The van der Waals surface area contributed by atoms with Gasteiger partial charge in [0.25, 0.3) is 5.91 Å². The summed E-state index contributed by atoms with van der Waals surface area (Å²) >= 11 is 0. The van der Waals surface area contributed by atoms with Crippen molar-refractivity contribution >= 4 is 37.3 Å². The van der Waals surface area contributed by atoms with Gasteiger partial charge in [-0.3, -0.25) is 28.2 Å². The van der Waals surface area contributed by atoms with Gasteiger partial charge in [-0.25, -0.2) is 13.8 Å². The van der Waals surface area contributed by atoms with Crippen LogP contribution in [-0.4, -0.2) is 136 Å². The number of alkyl halides is 1. The van der Waals surface area contributed by atoms with Crippen LogP contribution in [0.2, 0.25) is 0 Å². The molecule has 3 unspecified atom stereocenters. The number of aliphatic hydroxyl groups excluding tert-OH is 2.